The van der Waals surface area contributed by atoms with E-state index in [1.54, 1.807) is 55.5 Å². The van der Waals surface area contributed by atoms with E-state index in [-0.39, 0.29) is 0 Å². The largest absolute Gasteiger partial charge is 0.416 e. The number of nitrogens with one attached hydrogen (secondary N) is 1. The molecule has 0 spiro atoms. The standard InChI is InChI=1S/C21H18F3N5O/c1-14(30)25-16-6-8-18(9-7-16)27-29-20-12-10-19(11-13-20)28-26-17-4-2-15(3-5-17)21(22,23)24/h2-14,25,30H,1H3. The third-order valence-corrected chi connectivity index (χ3v) is 3.85. The summed E-state index contributed by atoms with van der Waals surface area (Å²) in [5.74, 6) is 0. The summed E-state index contributed by atoms with van der Waals surface area (Å²) in [5.41, 5.74) is 2.14. The number of alkyl halides is 3. The molecule has 0 aliphatic rings. The van der Waals surface area contributed by atoms with Crippen molar-refractivity contribution >= 4 is 28.4 Å². The molecule has 9 heteroatoms. The molecule has 0 amide bonds. The highest BCUT2D eigenvalue weighted by molar-refractivity contribution is 5.52. The minimum absolute atomic E-state index is 0.320. The third kappa shape index (κ3) is 6.21. The molecule has 3 aromatic rings. The molecule has 0 fully saturated rings. The molecule has 3 rings (SSSR count). The number of azo groups is 2. The molecule has 0 saturated heterocycles. The van der Waals surface area contributed by atoms with Gasteiger partial charge >= 0.3 is 6.18 Å². The zero-order chi connectivity index (χ0) is 21.6. The van der Waals surface area contributed by atoms with Gasteiger partial charge in [0, 0.05) is 5.69 Å². The molecule has 6 nitrogen and oxygen atoms in total. The first-order chi connectivity index (χ1) is 14.3. The normalized spacial score (nSPS) is 13.1. The molecule has 0 radical (unpaired) electrons. The highest BCUT2D eigenvalue weighted by atomic mass is 19.4. The summed E-state index contributed by atoms with van der Waals surface area (Å²) in [4.78, 5) is 0. The molecular formula is C21H18F3N5O. The molecule has 0 aliphatic heterocycles. The van der Waals surface area contributed by atoms with Gasteiger partial charge in [-0.15, -0.1) is 0 Å². The number of rotatable bonds is 6. The molecule has 0 aromatic heterocycles. The lowest BCUT2D eigenvalue weighted by Crippen LogP contribution is -2.12. The van der Waals surface area contributed by atoms with Crippen LogP contribution in [-0.2, 0) is 6.18 Å². The van der Waals surface area contributed by atoms with Crippen LogP contribution in [-0.4, -0.2) is 11.3 Å². The smallest absolute Gasteiger partial charge is 0.374 e. The predicted molar refractivity (Wildman–Crippen MR) is 108 cm³/mol. The monoisotopic (exact) mass is 413 g/mol. The fourth-order valence-electron chi connectivity index (χ4n) is 2.40. The average molecular weight is 413 g/mol. The van der Waals surface area contributed by atoms with Gasteiger partial charge in [-0.2, -0.15) is 33.6 Å². The van der Waals surface area contributed by atoms with Gasteiger partial charge in [0.15, 0.2) is 0 Å². The van der Waals surface area contributed by atoms with Crippen LogP contribution in [0.5, 0.6) is 0 Å². The van der Waals surface area contributed by atoms with E-state index >= 15 is 0 Å². The summed E-state index contributed by atoms with van der Waals surface area (Å²) in [5, 5.41) is 28.4. The van der Waals surface area contributed by atoms with Crippen molar-refractivity contribution in [3.05, 3.63) is 78.4 Å². The van der Waals surface area contributed by atoms with Gasteiger partial charge in [-0.05, 0) is 79.7 Å². The van der Waals surface area contributed by atoms with Crippen LogP contribution in [0.15, 0.2) is 93.3 Å². The predicted octanol–water partition coefficient (Wildman–Crippen LogP) is 7.29. The van der Waals surface area contributed by atoms with E-state index in [0.717, 1.165) is 17.8 Å². The number of anilines is 1. The summed E-state index contributed by atoms with van der Waals surface area (Å²) in [6.45, 7) is 1.63. The molecule has 1 atom stereocenters. The Balaban J connectivity index is 1.60. The van der Waals surface area contributed by atoms with Crippen molar-refractivity contribution in [1.82, 2.24) is 0 Å². The van der Waals surface area contributed by atoms with E-state index in [1.807, 2.05) is 0 Å². The van der Waals surface area contributed by atoms with Gasteiger partial charge < -0.3 is 10.4 Å². The first-order valence-corrected chi connectivity index (χ1v) is 8.95. The Morgan fingerprint density at radius 2 is 1.00 bits per heavy atom. The van der Waals surface area contributed by atoms with Gasteiger partial charge in [0.05, 0.1) is 28.3 Å². The summed E-state index contributed by atoms with van der Waals surface area (Å²) in [6, 6.07) is 18.3. The van der Waals surface area contributed by atoms with Crippen LogP contribution < -0.4 is 5.32 Å². The summed E-state index contributed by atoms with van der Waals surface area (Å²) in [6.07, 6.45) is -5.02. The van der Waals surface area contributed by atoms with Crippen LogP contribution >= 0.6 is 0 Å². The Hall–Kier alpha value is -3.59. The van der Waals surface area contributed by atoms with Gasteiger partial charge in [0.25, 0.3) is 0 Å². The maximum atomic E-state index is 12.6. The Morgan fingerprint density at radius 1 is 0.667 bits per heavy atom. The molecular weight excluding hydrogens is 395 g/mol. The van der Waals surface area contributed by atoms with Crippen LogP contribution in [0.2, 0.25) is 0 Å². The molecule has 0 saturated carbocycles. The molecule has 30 heavy (non-hydrogen) atoms. The molecule has 0 aliphatic carbocycles. The Morgan fingerprint density at radius 3 is 1.33 bits per heavy atom. The van der Waals surface area contributed by atoms with Crippen molar-refractivity contribution in [3.8, 4) is 0 Å². The highest BCUT2D eigenvalue weighted by Gasteiger charge is 2.29. The van der Waals surface area contributed by atoms with E-state index in [9.17, 15) is 18.3 Å². The summed E-state index contributed by atoms with van der Waals surface area (Å²) < 4.78 is 37.7. The van der Waals surface area contributed by atoms with Crippen LogP contribution in [0.1, 0.15) is 12.5 Å². The number of halogens is 3. The fourth-order valence-corrected chi connectivity index (χ4v) is 2.40. The van der Waals surface area contributed by atoms with E-state index in [1.165, 1.54) is 12.1 Å². The number of benzene rings is 3. The number of aliphatic hydroxyl groups excluding tert-OH is 1. The molecule has 0 bridgehead atoms. The lowest BCUT2D eigenvalue weighted by Gasteiger charge is -2.08. The first-order valence-electron chi connectivity index (χ1n) is 8.95. The van der Waals surface area contributed by atoms with Crippen molar-refractivity contribution in [2.24, 2.45) is 20.5 Å². The van der Waals surface area contributed by atoms with Crippen LogP contribution in [0, 0.1) is 0 Å². The lowest BCUT2D eigenvalue weighted by molar-refractivity contribution is -0.137. The molecule has 2 N–H and O–H groups in total. The van der Waals surface area contributed by atoms with E-state index in [0.29, 0.717) is 22.7 Å². The van der Waals surface area contributed by atoms with Crippen LogP contribution in [0.25, 0.3) is 0 Å². The maximum absolute atomic E-state index is 12.6. The third-order valence-electron chi connectivity index (χ3n) is 3.85. The molecule has 154 valence electrons. The molecule has 1 unspecified atom stereocenters. The quantitative estimate of drug-likeness (QED) is 0.329. The Kier molecular flexibility index (Phi) is 6.53. The van der Waals surface area contributed by atoms with Crippen molar-refractivity contribution in [2.45, 2.75) is 19.3 Å². The second-order valence-corrected chi connectivity index (χ2v) is 6.33. The summed E-state index contributed by atoms with van der Waals surface area (Å²) >= 11 is 0. The second-order valence-electron chi connectivity index (χ2n) is 6.33. The Bertz CT molecular complexity index is 1010. The van der Waals surface area contributed by atoms with Crippen molar-refractivity contribution in [1.29, 1.82) is 0 Å². The zero-order valence-corrected chi connectivity index (χ0v) is 15.9. The average Bonchev–Trinajstić information content (AvgIpc) is 2.72. The number of hydrogen-bond acceptors (Lipinski definition) is 6. The Labute approximate surface area is 170 Å². The van der Waals surface area contributed by atoms with Crippen molar-refractivity contribution in [2.75, 3.05) is 5.32 Å². The maximum Gasteiger partial charge on any atom is 0.416 e. The topological polar surface area (TPSA) is 81.7 Å². The minimum atomic E-state index is -4.38. The van der Waals surface area contributed by atoms with Gasteiger partial charge in [0.2, 0.25) is 0 Å². The lowest BCUT2D eigenvalue weighted by atomic mass is 10.2. The first kappa shape index (κ1) is 21.1. The highest BCUT2D eigenvalue weighted by Crippen LogP contribution is 2.31. The second kappa shape index (κ2) is 9.27. The van der Waals surface area contributed by atoms with E-state index < -0.39 is 18.0 Å². The van der Waals surface area contributed by atoms with Crippen molar-refractivity contribution < 1.29 is 18.3 Å². The zero-order valence-electron chi connectivity index (χ0n) is 15.9. The van der Waals surface area contributed by atoms with Gasteiger partial charge in [0.1, 0.15) is 6.23 Å². The van der Waals surface area contributed by atoms with Crippen LogP contribution in [0.3, 0.4) is 0 Å². The fraction of sp³-hybridized carbons (Fsp3) is 0.143. The van der Waals surface area contributed by atoms with E-state index in [4.69, 9.17) is 0 Å². The van der Waals surface area contributed by atoms with E-state index in [2.05, 4.69) is 25.8 Å². The van der Waals surface area contributed by atoms with Gasteiger partial charge in [-0.1, -0.05) is 0 Å². The summed E-state index contributed by atoms with van der Waals surface area (Å²) in [7, 11) is 0. The van der Waals surface area contributed by atoms with Gasteiger partial charge in [-0.3, -0.25) is 0 Å². The van der Waals surface area contributed by atoms with Crippen molar-refractivity contribution in [3.63, 3.8) is 0 Å². The minimum Gasteiger partial charge on any atom is -0.374 e. The molecule has 3 aromatic carbocycles. The number of aliphatic hydroxyl groups is 1. The molecule has 0 heterocycles. The van der Waals surface area contributed by atoms with Crippen LogP contribution in [0.4, 0.5) is 41.6 Å². The number of nitrogens with zero attached hydrogens (tertiary/aromatic N) is 4. The number of hydrogen-bond donors (Lipinski definition) is 2. The van der Waals surface area contributed by atoms with Gasteiger partial charge in [-0.25, -0.2) is 0 Å². The SMILES string of the molecule is CC(O)Nc1ccc(N=Nc2ccc(N=Nc3ccc(C(F)(F)F)cc3)cc2)cc1.